The Labute approximate surface area is 139 Å². The molecule has 0 amide bonds. The van der Waals surface area contributed by atoms with Crippen LogP contribution in [-0.2, 0) is 14.3 Å². The first-order chi connectivity index (χ1) is 11.4. The van der Waals surface area contributed by atoms with Gasteiger partial charge in [-0.15, -0.1) is 6.58 Å². The largest absolute Gasteiger partial charge is 0.451 e. The van der Waals surface area contributed by atoms with Gasteiger partial charge in [0, 0.05) is 5.56 Å². The topological polar surface area (TPSA) is 74.5 Å². The lowest BCUT2D eigenvalue weighted by molar-refractivity contribution is -0.161. The van der Waals surface area contributed by atoms with Crippen LogP contribution in [-0.4, -0.2) is 28.8 Å². The summed E-state index contributed by atoms with van der Waals surface area (Å²) in [6.45, 7) is 8.59. The molecule has 128 valence electrons. The van der Waals surface area contributed by atoms with Crippen molar-refractivity contribution in [2.45, 2.75) is 33.0 Å². The second-order valence-electron chi connectivity index (χ2n) is 5.26. The smallest absolute Gasteiger partial charge is 0.335 e. The molecule has 0 fully saturated rings. The molecule has 0 saturated heterocycles. The molecule has 0 aliphatic carbocycles. The maximum absolute atomic E-state index is 13.6. The second-order valence-corrected chi connectivity index (χ2v) is 5.26. The summed E-state index contributed by atoms with van der Waals surface area (Å²) in [5.41, 5.74) is 1.01. The summed E-state index contributed by atoms with van der Waals surface area (Å²) >= 11 is 0. The zero-order valence-corrected chi connectivity index (χ0v) is 13.8. The van der Waals surface area contributed by atoms with Crippen LogP contribution in [0.3, 0.4) is 0 Å². The van der Waals surface area contributed by atoms with Crippen LogP contribution >= 0.6 is 0 Å². The van der Waals surface area contributed by atoms with E-state index in [4.69, 9.17) is 14.0 Å². The number of nitrogens with zero attached hydrogens (tertiary/aromatic N) is 2. The first kappa shape index (κ1) is 17.8. The molecule has 0 radical (unpaired) electrons. The van der Waals surface area contributed by atoms with Crippen molar-refractivity contribution in [3.63, 3.8) is 0 Å². The standard InChI is InChI=1S/C17H19FN2O4/c1-5-8-22-12(4)17(21)23-11(3)16-19-15(20-24-16)13-7-6-10(2)14(18)9-13/h5-7,9,11-12H,1,8H2,2-4H3. The number of halogens is 1. The Hall–Kier alpha value is -2.54. The SMILES string of the molecule is C=CCOC(C)C(=O)OC(C)c1nc(-c2ccc(C)c(F)c2)no1. The highest BCUT2D eigenvalue weighted by Crippen LogP contribution is 2.22. The third kappa shape index (κ3) is 4.26. The normalized spacial score (nSPS) is 13.3. The molecule has 1 aromatic heterocycles. The zero-order valence-electron chi connectivity index (χ0n) is 13.8. The summed E-state index contributed by atoms with van der Waals surface area (Å²) in [5, 5.41) is 3.79. The lowest BCUT2D eigenvalue weighted by atomic mass is 10.1. The average Bonchev–Trinajstić information content (AvgIpc) is 3.05. The zero-order chi connectivity index (χ0) is 17.7. The molecule has 2 unspecified atom stereocenters. The second kappa shape index (κ2) is 7.83. The molecule has 0 aliphatic heterocycles. The molecule has 0 spiro atoms. The molecule has 0 N–H and O–H groups in total. The van der Waals surface area contributed by atoms with Gasteiger partial charge in [-0.2, -0.15) is 4.98 Å². The minimum atomic E-state index is -0.746. The predicted molar refractivity (Wildman–Crippen MR) is 84.5 cm³/mol. The molecule has 1 aromatic carbocycles. The Balaban J connectivity index is 2.05. The number of benzene rings is 1. The summed E-state index contributed by atoms with van der Waals surface area (Å²) in [5.74, 6) is -0.560. The van der Waals surface area contributed by atoms with Gasteiger partial charge >= 0.3 is 5.97 Å². The van der Waals surface area contributed by atoms with Gasteiger partial charge in [-0.1, -0.05) is 23.4 Å². The number of hydrogen-bond donors (Lipinski definition) is 0. The average molecular weight is 334 g/mol. The van der Waals surface area contributed by atoms with Crippen molar-refractivity contribution in [3.8, 4) is 11.4 Å². The Morgan fingerprint density at radius 1 is 1.46 bits per heavy atom. The fourth-order valence-electron chi connectivity index (χ4n) is 1.85. The highest BCUT2D eigenvalue weighted by Gasteiger charge is 2.23. The van der Waals surface area contributed by atoms with Gasteiger partial charge in [0.2, 0.25) is 5.82 Å². The minimum absolute atomic E-state index is 0.121. The van der Waals surface area contributed by atoms with E-state index in [2.05, 4.69) is 16.7 Å². The molecule has 24 heavy (non-hydrogen) atoms. The van der Waals surface area contributed by atoms with Gasteiger partial charge in [0.25, 0.3) is 5.89 Å². The number of aryl methyl sites for hydroxylation is 1. The monoisotopic (exact) mass is 334 g/mol. The third-order valence-corrected chi connectivity index (χ3v) is 3.31. The first-order valence-corrected chi connectivity index (χ1v) is 7.45. The lowest BCUT2D eigenvalue weighted by Gasteiger charge is -2.14. The van der Waals surface area contributed by atoms with E-state index in [0.29, 0.717) is 11.1 Å². The number of hydrogen-bond acceptors (Lipinski definition) is 6. The Morgan fingerprint density at radius 2 is 2.21 bits per heavy atom. The fraction of sp³-hybridized carbons (Fsp3) is 0.353. The van der Waals surface area contributed by atoms with Gasteiger partial charge in [-0.25, -0.2) is 9.18 Å². The maximum atomic E-state index is 13.6. The van der Waals surface area contributed by atoms with Crippen LogP contribution in [0.5, 0.6) is 0 Å². The van der Waals surface area contributed by atoms with Gasteiger partial charge in [0.1, 0.15) is 5.82 Å². The summed E-state index contributed by atoms with van der Waals surface area (Å²) < 4.78 is 29.1. The van der Waals surface area contributed by atoms with E-state index >= 15 is 0 Å². The minimum Gasteiger partial charge on any atom is -0.451 e. The van der Waals surface area contributed by atoms with E-state index < -0.39 is 18.2 Å². The van der Waals surface area contributed by atoms with Crippen molar-refractivity contribution in [3.05, 3.63) is 48.1 Å². The van der Waals surface area contributed by atoms with Crippen LogP contribution in [0.25, 0.3) is 11.4 Å². The lowest BCUT2D eigenvalue weighted by Crippen LogP contribution is -2.24. The molecule has 7 heteroatoms. The summed E-state index contributed by atoms with van der Waals surface area (Å²) in [6.07, 6.45) is 0.0564. The molecule has 0 bridgehead atoms. The number of esters is 1. The van der Waals surface area contributed by atoms with E-state index in [1.54, 1.807) is 32.9 Å². The van der Waals surface area contributed by atoms with Gasteiger partial charge in [-0.3, -0.25) is 0 Å². The van der Waals surface area contributed by atoms with Crippen molar-refractivity contribution in [2.75, 3.05) is 6.61 Å². The Morgan fingerprint density at radius 3 is 2.88 bits per heavy atom. The van der Waals surface area contributed by atoms with E-state index in [0.717, 1.165) is 0 Å². The molecule has 6 nitrogen and oxygen atoms in total. The van der Waals surface area contributed by atoms with Crippen LogP contribution in [0.2, 0.25) is 0 Å². The van der Waals surface area contributed by atoms with Gasteiger partial charge in [-0.05, 0) is 32.4 Å². The quantitative estimate of drug-likeness (QED) is 0.571. The van der Waals surface area contributed by atoms with Crippen LogP contribution in [0, 0.1) is 12.7 Å². The first-order valence-electron chi connectivity index (χ1n) is 7.45. The van der Waals surface area contributed by atoms with Crippen molar-refractivity contribution in [2.24, 2.45) is 0 Å². The van der Waals surface area contributed by atoms with Crippen LogP contribution in [0.1, 0.15) is 31.4 Å². The number of carbonyl (C=O) groups is 1. The van der Waals surface area contributed by atoms with Gasteiger partial charge in [0.05, 0.1) is 6.61 Å². The molecule has 0 saturated carbocycles. The highest BCUT2D eigenvalue weighted by atomic mass is 19.1. The maximum Gasteiger partial charge on any atom is 0.335 e. The highest BCUT2D eigenvalue weighted by molar-refractivity contribution is 5.74. The van der Waals surface area contributed by atoms with E-state index in [1.165, 1.54) is 12.1 Å². The number of aromatic nitrogens is 2. The van der Waals surface area contributed by atoms with Crippen LogP contribution < -0.4 is 0 Å². The van der Waals surface area contributed by atoms with Crippen molar-refractivity contribution in [1.29, 1.82) is 0 Å². The Kier molecular flexibility index (Phi) is 5.81. The molecular formula is C17H19FN2O4. The number of ether oxygens (including phenoxy) is 2. The molecule has 2 atom stereocenters. The van der Waals surface area contributed by atoms with E-state index in [9.17, 15) is 9.18 Å². The van der Waals surface area contributed by atoms with E-state index in [1.807, 2.05) is 0 Å². The van der Waals surface area contributed by atoms with Gasteiger partial charge in [0.15, 0.2) is 12.2 Å². The van der Waals surface area contributed by atoms with E-state index in [-0.39, 0.29) is 24.1 Å². The predicted octanol–water partition coefficient (Wildman–Crippen LogP) is 3.38. The summed E-state index contributed by atoms with van der Waals surface area (Å²) in [4.78, 5) is 16.0. The summed E-state index contributed by atoms with van der Waals surface area (Å²) in [6, 6.07) is 4.64. The molecule has 0 aliphatic rings. The number of carbonyl (C=O) groups excluding carboxylic acids is 1. The number of rotatable bonds is 7. The van der Waals surface area contributed by atoms with Gasteiger partial charge < -0.3 is 14.0 Å². The molecule has 2 aromatic rings. The summed E-state index contributed by atoms with van der Waals surface area (Å²) in [7, 11) is 0. The van der Waals surface area contributed by atoms with Crippen molar-refractivity contribution in [1.82, 2.24) is 10.1 Å². The molecule has 2 rings (SSSR count). The Bertz CT molecular complexity index is 729. The third-order valence-electron chi connectivity index (χ3n) is 3.31. The van der Waals surface area contributed by atoms with Crippen LogP contribution in [0.4, 0.5) is 4.39 Å². The molecular weight excluding hydrogens is 315 g/mol. The van der Waals surface area contributed by atoms with Crippen molar-refractivity contribution < 1.29 is 23.2 Å². The molecule has 1 heterocycles. The fourth-order valence-corrected chi connectivity index (χ4v) is 1.85. The van der Waals surface area contributed by atoms with Crippen LogP contribution in [0.15, 0.2) is 35.4 Å². The van der Waals surface area contributed by atoms with Crippen molar-refractivity contribution >= 4 is 5.97 Å².